The Hall–Kier alpha value is -0.870. The summed E-state index contributed by atoms with van der Waals surface area (Å²) in [6, 6.07) is 0. The van der Waals surface area contributed by atoms with E-state index in [-0.39, 0.29) is 23.3 Å². The fourth-order valence-corrected chi connectivity index (χ4v) is 10.5. The first-order valence-corrected chi connectivity index (χ1v) is 15.9. The second-order valence-corrected chi connectivity index (χ2v) is 14.6. The Kier molecular flexibility index (Phi) is 6.87. The van der Waals surface area contributed by atoms with Crippen LogP contribution in [-0.4, -0.2) is 30.6 Å². The number of hydrogen-bond donors (Lipinski definition) is 0. The zero-order chi connectivity index (χ0) is 26.0. The van der Waals surface area contributed by atoms with Gasteiger partial charge >= 0.3 is 5.97 Å². The van der Waals surface area contributed by atoms with Crippen LogP contribution in [0, 0.1) is 46.3 Å². The van der Waals surface area contributed by atoms with Gasteiger partial charge in [0.25, 0.3) is 0 Å². The zero-order valence-corrected chi connectivity index (χ0v) is 24.2. The van der Waals surface area contributed by atoms with Crippen molar-refractivity contribution in [2.24, 2.45) is 46.3 Å². The molecule has 4 aliphatic carbocycles. The first-order valence-electron chi connectivity index (χ1n) is 15.9. The lowest BCUT2D eigenvalue weighted by molar-refractivity contribution is -0.272. The lowest BCUT2D eigenvalue weighted by atomic mass is 9.47. The number of carbonyl (C=O) groups is 1. The predicted molar refractivity (Wildman–Crippen MR) is 146 cm³/mol. The van der Waals surface area contributed by atoms with E-state index in [4.69, 9.17) is 14.2 Å². The van der Waals surface area contributed by atoms with E-state index in [2.05, 4.69) is 40.7 Å². The summed E-state index contributed by atoms with van der Waals surface area (Å²) in [7, 11) is 0. The highest BCUT2D eigenvalue weighted by molar-refractivity contribution is 5.69. The third-order valence-corrected chi connectivity index (χ3v) is 12.6. The number of esters is 1. The Labute approximate surface area is 225 Å². The van der Waals surface area contributed by atoms with E-state index in [1.807, 2.05) is 0 Å². The maximum atomic E-state index is 12.4. The largest absolute Gasteiger partial charge is 0.462 e. The molecule has 0 N–H and O–H groups in total. The maximum absolute atomic E-state index is 12.4. The van der Waals surface area contributed by atoms with Gasteiger partial charge in [0.15, 0.2) is 5.79 Å². The minimum Gasteiger partial charge on any atom is -0.462 e. The van der Waals surface area contributed by atoms with E-state index in [0.29, 0.717) is 35.7 Å². The van der Waals surface area contributed by atoms with Crippen LogP contribution in [0.5, 0.6) is 0 Å². The highest BCUT2D eigenvalue weighted by atomic mass is 16.7. The van der Waals surface area contributed by atoms with Gasteiger partial charge in [0.05, 0.1) is 12.7 Å². The molecule has 3 saturated carbocycles. The molecule has 6 rings (SSSR count). The molecule has 4 heteroatoms. The van der Waals surface area contributed by atoms with Crippen molar-refractivity contribution in [2.75, 3.05) is 6.61 Å². The van der Waals surface area contributed by atoms with E-state index in [9.17, 15) is 4.79 Å². The summed E-state index contributed by atoms with van der Waals surface area (Å²) in [4.78, 5) is 12.4. The summed E-state index contributed by atoms with van der Waals surface area (Å²) in [5, 5.41) is 0. The number of ether oxygens (including phenoxy) is 3. The van der Waals surface area contributed by atoms with Gasteiger partial charge < -0.3 is 14.2 Å². The molecule has 37 heavy (non-hydrogen) atoms. The van der Waals surface area contributed by atoms with Gasteiger partial charge in [0, 0.05) is 25.2 Å². The van der Waals surface area contributed by atoms with Gasteiger partial charge in [-0.3, -0.25) is 4.79 Å². The maximum Gasteiger partial charge on any atom is 0.306 e. The Morgan fingerprint density at radius 3 is 2.68 bits per heavy atom. The minimum absolute atomic E-state index is 0.0190. The van der Waals surface area contributed by atoms with Gasteiger partial charge in [-0.05, 0) is 91.8 Å². The first-order chi connectivity index (χ1) is 17.7. The molecule has 0 radical (unpaired) electrons. The Balaban J connectivity index is 1.15. The molecule has 0 amide bonds. The molecule has 4 nitrogen and oxygen atoms in total. The van der Waals surface area contributed by atoms with Gasteiger partial charge in [0.1, 0.15) is 6.10 Å². The third-order valence-electron chi connectivity index (χ3n) is 12.6. The van der Waals surface area contributed by atoms with Crippen molar-refractivity contribution in [3.8, 4) is 0 Å². The summed E-state index contributed by atoms with van der Waals surface area (Å²) in [5.74, 6) is 3.77. The van der Waals surface area contributed by atoms with Gasteiger partial charge in [-0.2, -0.15) is 0 Å². The smallest absolute Gasteiger partial charge is 0.306 e. The highest BCUT2D eigenvalue weighted by Gasteiger charge is 2.68. The van der Waals surface area contributed by atoms with E-state index in [1.54, 1.807) is 5.57 Å². The van der Waals surface area contributed by atoms with Crippen LogP contribution >= 0.6 is 0 Å². The van der Waals surface area contributed by atoms with Crippen molar-refractivity contribution in [3.63, 3.8) is 0 Å². The van der Waals surface area contributed by atoms with Crippen molar-refractivity contribution in [1.82, 2.24) is 0 Å². The van der Waals surface area contributed by atoms with E-state index < -0.39 is 0 Å². The van der Waals surface area contributed by atoms with Gasteiger partial charge in [-0.1, -0.05) is 59.1 Å². The van der Waals surface area contributed by atoms with Crippen LogP contribution in [0.2, 0.25) is 0 Å². The quantitative estimate of drug-likeness (QED) is 0.214. The number of unbranched alkanes of at least 4 members (excludes halogenated alkanes) is 2. The van der Waals surface area contributed by atoms with Crippen molar-refractivity contribution in [2.45, 2.75) is 136 Å². The molecular weight excluding hydrogens is 460 g/mol. The zero-order valence-electron chi connectivity index (χ0n) is 24.2. The van der Waals surface area contributed by atoms with Crippen LogP contribution < -0.4 is 0 Å². The van der Waals surface area contributed by atoms with Gasteiger partial charge in [-0.25, -0.2) is 0 Å². The van der Waals surface area contributed by atoms with Crippen molar-refractivity contribution >= 4 is 5.97 Å². The topological polar surface area (TPSA) is 44.8 Å². The second kappa shape index (κ2) is 9.65. The van der Waals surface area contributed by atoms with Crippen molar-refractivity contribution in [1.29, 1.82) is 0 Å². The van der Waals surface area contributed by atoms with Gasteiger partial charge in [0.2, 0.25) is 0 Å². The molecule has 5 fully saturated rings. The summed E-state index contributed by atoms with van der Waals surface area (Å²) in [5.41, 5.74) is 2.25. The summed E-state index contributed by atoms with van der Waals surface area (Å²) in [6.45, 7) is 13.0. The molecule has 0 aromatic rings. The van der Waals surface area contributed by atoms with Crippen LogP contribution in [0.15, 0.2) is 11.6 Å². The van der Waals surface area contributed by atoms with Gasteiger partial charge in [-0.15, -0.1) is 0 Å². The predicted octanol–water partition coefficient (Wildman–Crippen LogP) is 7.85. The summed E-state index contributed by atoms with van der Waals surface area (Å²) >= 11 is 0. The molecule has 2 aliphatic heterocycles. The molecule has 2 saturated heterocycles. The fraction of sp³-hybridized carbons (Fsp3) is 0.909. The normalized spacial score (nSPS) is 50.6. The first kappa shape index (κ1) is 26.4. The number of allylic oxidation sites excluding steroid dienone is 1. The second-order valence-electron chi connectivity index (χ2n) is 14.6. The lowest BCUT2D eigenvalue weighted by Crippen LogP contribution is -2.52. The molecule has 208 valence electrons. The number of carbonyl (C=O) groups excluding carboxylic acids is 1. The van der Waals surface area contributed by atoms with E-state index >= 15 is 0 Å². The standard InChI is InChI=1S/C33H52O4/c1-6-7-8-9-29(34)36-24-13-15-31(4)23(18-24)10-11-25-26(31)14-16-32(5)27(25)19-28-30(32)22(3)33(37-28)17-12-21(2)20-35-33/h10,21-22,24-28,30H,6-9,11-20H2,1-5H3/t21-,22+,24-,25?,26?,27?,28?,30?,31-,32-,33?/m0/s1. The Morgan fingerprint density at radius 2 is 1.92 bits per heavy atom. The van der Waals surface area contributed by atoms with Crippen molar-refractivity contribution < 1.29 is 19.0 Å². The van der Waals surface area contributed by atoms with Crippen LogP contribution in [0.1, 0.15) is 118 Å². The molecule has 1 spiro atoms. The fourth-order valence-electron chi connectivity index (χ4n) is 10.5. The number of rotatable bonds is 5. The van der Waals surface area contributed by atoms with E-state index in [0.717, 1.165) is 62.9 Å². The summed E-state index contributed by atoms with van der Waals surface area (Å²) in [6.07, 6.45) is 17.4. The molecule has 0 aromatic heterocycles. The van der Waals surface area contributed by atoms with Crippen LogP contribution in [-0.2, 0) is 19.0 Å². The molecule has 0 aromatic carbocycles. The average Bonchev–Trinajstić information content (AvgIpc) is 3.31. The molecule has 11 atom stereocenters. The molecule has 2 heterocycles. The molecule has 0 bridgehead atoms. The molecular formula is C33H52O4. The van der Waals surface area contributed by atoms with E-state index in [1.165, 1.54) is 38.5 Å². The average molecular weight is 513 g/mol. The Morgan fingerprint density at radius 1 is 1.08 bits per heavy atom. The summed E-state index contributed by atoms with van der Waals surface area (Å²) < 4.78 is 19.4. The Bertz CT molecular complexity index is 902. The van der Waals surface area contributed by atoms with Crippen LogP contribution in [0.3, 0.4) is 0 Å². The highest BCUT2D eigenvalue weighted by Crippen LogP contribution is 2.70. The number of fused-ring (bicyclic) bond motifs is 7. The third kappa shape index (κ3) is 4.17. The lowest BCUT2D eigenvalue weighted by Gasteiger charge is -2.58. The molecule has 6 unspecified atom stereocenters. The minimum atomic E-state index is -0.315. The SMILES string of the molecule is CCCCCC(=O)O[C@H]1CC[C@@]2(C)C(=CCC3C4CC5OC6(CC[C@H](C)CO6)[C@H](C)C5[C@@]4(C)CCC32)C1. The number of hydrogen-bond acceptors (Lipinski definition) is 4. The monoisotopic (exact) mass is 512 g/mol. The molecule has 6 aliphatic rings. The van der Waals surface area contributed by atoms with Crippen LogP contribution in [0.4, 0.5) is 0 Å². The van der Waals surface area contributed by atoms with Crippen LogP contribution in [0.25, 0.3) is 0 Å². The van der Waals surface area contributed by atoms with Crippen molar-refractivity contribution in [3.05, 3.63) is 11.6 Å².